The van der Waals surface area contributed by atoms with Crippen molar-refractivity contribution in [2.24, 2.45) is 0 Å². The second kappa shape index (κ2) is 7.15. The average Bonchev–Trinajstić information content (AvgIpc) is 3.03. The first-order valence-corrected chi connectivity index (χ1v) is 9.82. The Morgan fingerprint density at radius 3 is 2.84 bits per heavy atom. The molecule has 3 rings (SSSR count). The second-order valence-electron chi connectivity index (χ2n) is 6.41. The standard InChI is InChI=1S/C17H23N3O4S/c1-19(11-9-17(21)22)25(23,24)20-10-5-4-8-16(20)15-12-13-6-2-3-7-14(13)18-15/h2-3,6-7,12,16,18H,4-5,8-11H2,1H3,(H,21,22). The van der Waals surface area contributed by atoms with Gasteiger partial charge in [-0.05, 0) is 30.4 Å². The predicted molar refractivity (Wildman–Crippen MR) is 95.4 cm³/mol. The minimum atomic E-state index is -3.71. The molecule has 0 amide bonds. The number of H-pyrrole nitrogens is 1. The van der Waals surface area contributed by atoms with Gasteiger partial charge in [0.1, 0.15) is 0 Å². The number of hydrogen-bond acceptors (Lipinski definition) is 3. The Kier molecular flexibility index (Phi) is 5.12. The van der Waals surface area contributed by atoms with Crippen molar-refractivity contribution in [1.29, 1.82) is 0 Å². The number of nitrogens with one attached hydrogen (secondary N) is 1. The van der Waals surface area contributed by atoms with E-state index < -0.39 is 16.2 Å². The first-order chi connectivity index (χ1) is 11.9. The number of nitrogens with zero attached hydrogens (tertiary/aromatic N) is 2. The number of aromatic nitrogens is 1. The number of aliphatic carboxylic acids is 1. The van der Waals surface area contributed by atoms with E-state index in [1.807, 2.05) is 30.3 Å². The highest BCUT2D eigenvalue weighted by Crippen LogP contribution is 2.34. The number of hydrogen-bond donors (Lipinski definition) is 2. The van der Waals surface area contributed by atoms with Crippen LogP contribution in [-0.4, -0.2) is 53.2 Å². The van der Waals surface area contributed by atoms with Crippen molar-refractivity contribution in [2.45, 2.75) is 31.7 Å². The molecule has 1 saturated heterocycles. The van der Waals surface area contributed by atoms with E-state index in [9.17, 15) is 13.2 Å². The van der Waals surface area contributed by atoms with E-state index >= 15 is 0 Å². The van der Waals surface area contributed by atoms with Gasteiger partial charge in [0.05, 0.1) is 12.5 Å². The number of carboxylic acids is 1. The summed E-state index contributed by atoms with van der Waals surface area (Å²) in [6.45, 7) is 0.410. The predicted octanol–water partition coefficient (Wildman–Crippen LogP) is 2.35. The first kappa shape index (κ1) is 17.9. The van der Waals surface area contributed by atoms with Crippen LogP contribution in [0.1, 0.15) is 37.4 Å². The van der Waals surface area contributed by atoms with E-state index in [1.54, 1.807) is 0 Å². The van der Waals surface area contributed by atoms with E-state index in [-0.39, 0.29) is 19.0 Å². The van der Waals surface area contributed by atoms with Crippen LogP contribution < -0.4 is 0 Å². The van der Waals surface area contributed by atoms with Gasteiger partial charge in [-0.25, -0.2) is 0 Å². The smallest absolute Gasteiger partial charge is 0.304 e. The van der Waals surface area contributed by atoms with Crippen LogP contribution >= 0.6 is 0 Å². The lowest BCUT2D eigenvalue weighted by atomic mass is 10.0. The molecule has 136 valence electrons. The van der Waals surface area contributed by atoms with E-state index in [1.165, 1.54) is 11.4 Å². The fourth-order valence-corrected chi connectivity index (χ4v) is 4.90. The second-order valence-corrected chi connectivity index (χ2v) is 8.40. The number of carboxylic acid groups (broad SMARTS) is 1. The lowest BCUT2D eigenvalue weighted by Gasteiger charge is -2.36. The molecule has 8 heteroatoms. The molecule has 0 bridgehead atoms. The lowest BCUT2D eigenvalue weighted by Crippen LogP contribution is -2.46. The zero-order valence-electron chi connectivity index (χ0n) is 14.2. The molecule has 0 saturated carbocycles. The number of aromatic amines is 1. The molecule has 0 radical (unpaired) electrons. The molecule has 1 unspecified atom stereocenters. The molecule has 1 atom stereocenters. The van der Waals surface area contributed by atoms with Crippen molar-refractivity contribution < 1.29 is 18.3 Å². The maximum atomic E-state index is 12.9. The van der Waals surface area contributed by atoms with Crippen LogP contribution in [0.25, 0.3) is 10.9 Å². The summed E-state index contributed by atoms with van der Waals surface area (Å²) in [5, 5.41) is 9.86. The molecule has 1 aromatic carbocycles. The fourth-order valence-electron chi connectivity index (χ4n) is 3.31. The summed E-state index contributed by atoms with van der Waals surface area (Å²) in [5.74, 6) is -1.01. The van der Waals surface area contributed by atoms with Crippen molar-refractivity contribution in [3.05, 3.63) is 36.0 Å². The molecule has 2 N–H and O–H groups in total. The third-order valence-corrected chi connectivity index (χ3v) is 6.69. The van der Waals surface area contributed by atoms with E-state index in [2.05, 4.69) is 4.98 Å². The Bertz CT molecular complexity index is 829. The molecule has 1 aromatic heterocycles. The Morgan fingerprint density at radius 1 is 1.36 bits per heavy atom. The molecule has 7 nitrogen and oxygen atoms in total. The minimum Gasteiger partial charge on any atom is -0.481 e. The molecule has 2 aromatic rings. The van der Waals surface area contributed by atoms with Crippen molar-refractivity contribution >= 4 is 27.1 Å². The van der Waals surface area contributed by atoms with Gasteiger partial charge in [-0.1, -0.05) is 24.6 Å². The van der Waals surface area contributed by atoms with E-state index in [0.717, 1.165) is 40.2 Å². The number of rotatable bonds is 6. The summed E-state index contributed by atoms with van der Waals surface area (Å²) >= 11 is 0. The van der Waals surface area contributed by atoms with Gasteiger partial charge in [-0.3, -0.25) is 4.79 Å². The van der Waals surface area contributed by atoms with Crippen molar-refractivity contribution in [2.75, 3.05) is 20.1 Å². The summed E-state index contributed by atoms with van der Waals surface area (Å²) in [7, 11) is -2.27. The van der Waals surface area contributed by atoms with Gasteiger partial charge in [0.25, 0.3) is 10.2 Å². The Labute approximate surface area is 147 Å². The lowest BCUT2D eigenvalue weighted by molar-refractivity contribution is -0.137. The van der Waals surface area contributed by atoms with E-state index in [4.69, 9.17) is 5.11 Å². The number of benzene rings is 1. The van der Waals surface area contributed by atoms with Gasteiger partial charge in [-0.2, -0.15) is 17.0 Å². The quantitative estimate of drug-likeness (QED) is 0.822. The Morgan fingerprint density at radius 2 is 2.12 bits per heavy atom. The molecular formula is C17H23N3O4S. The number of piperidine rings is 1. The van der Waals surface area contributed by atoms with Gasteiger partial charge in [0.2, 0.25) is 0 Å². The topological polar surface area (TPSA) is 93.7 Å². The largest absolute Gasteiger partial charge is 0.481 e. The summed E-state index contributed by atoms with van der Waals surface area (Å²) in [4.78, 5) is 14.1. The maximum absolute atomic E-state index is 12.9. The van der Waals surface area contributed by atoms with Crippen LogP contribution in [0.3, 0.4) is 0 Å². The summed E-state index contributed by atoms with van der Waals surface area (Å²) in [5.41, 5.74) is 1.87. The van der Waals surface area contributed by atoms with Gasteiger partial charge in [0.15, 0.2) is 0 Å². The summed E-state index contributed by atoms with van der Waals surface area (Å²) in [6.07, 6.45) is 2.31. The highest BCUT2D eigenvalue weighted by molar-refractivity contribution is 7.86. The maximum Gasteiger partial charge on any atom is 0.304 e. The van der Waals surface area contributed by atoms with Crippen LogP contribution in [0, 0.1) is 0 Å². The third kappa shape index (κ3) is 3.70. The van der Waals surface area contributed by atoms with Crippen molar-refractivity contribution in [3.63, 3.8) is 0 Å². The van der Waals surface area contributed by atoms with Crippen LogP contribution in [0.15, 0.2) is 30.3 Å². The van der Waals surface area contributed by atoms with Gasteiger partial charge < -0.3 is 10.1 Å². The highest BCUT2D eigenvalue weighted by Gasteiger charge is 2.36. The molecular weight excluding hydrogens is 342 g/mol. The van der Waals surface area contributed by atoms with Gasteiger partial charge in [0, 0.05) is 31.3 Å². The number of carbonyl (C=O) groups is 1. The molecule has 1 aliphatic rings. The fraction of sp³-hybridized carbons (Fsp3) is 0.471. The first-order valence-electron chi connectivity index (χ1n) is 8.42. The molecule has 2 heterocycles. The van der Waals surface area contributed by atoms with Crippen LogP contribution in [-0.2, 0) is 15.0 Å². The molecule has 0 aliphatic carbocycles. The normalized spacial score (nSPS) is 19.5. The Hall–Kier alpha value is -1.90. The molecule has 1 aliphatic heterocycles. The average molecular weight is 365 g/mol. The van der Waals surface area contributed by atoms with Crippen molar-refractivity contribution in [3.8, 4) is 0 Å². The van der Waals surface area contributed by atoms with Crippen LogP contribution in [0.4, 0.5) is 0 Å². The monoisotopic (exact) mass is 365 g/mol. The van der Waals surface area contributed by atoms with E-state index in [0.29, 0.717) is 6.54 Å². The summed E-state index contributed by atoms with van der Waals surface area (Å²) < 4.78 is 28.5. The molecule has 1 fully saturated rings. The minimum absolute atomic E-state index is 0.0341. The van der Waals surface area contributed by atoms with Gasteiger partial charge in [-0.15, -0.1) is 0 Å². The van der Waals surface area contributed by atoms with Crippen LogP contribution in [0.5, 0.6) is 0 Å². The summed E-state index contributed by atoms with van der Waals surface area (Å²) in [6, 6.07) is 9.62. The SMILES string of the molecule is CN(CCC(=O)O)S(=O)(=O)N1CCCCC1c1cc2ccccc2[nH]1. The molecule has 25 heavy (non-hydrogen) atoms. The zero-order chi connectivity index (χ0) is 18.0. The van der Waals surface area contributed by atoms with Crippen molar-refractivity contribution in [1.82, 2.24) is 13.6 Å². The third-order valence-electron chi connectivity index (χ3n) is 4.69. The number of fused-ring (bicyclic) bond motifs is 1. The van der Waals surface area contributed by atoms with Gasteiger partial charge >= 0.3 is 5.97 Å². The Balaban J connectivity index is 1.88. The number of para-hydroxylation sites is 1. The molecule has 0 spiro atoms. The highest BCUT2D eigenvalue weighted by atomic mass is 32.2. The zero-order valence-corrected chi connectivity index (χ0v) is 15.0. The van der Waals surface area contributed by atoms with Crippen LogP contribution in [0.2, 0.25) is 0 Å².